The highest BCUT2D eigenvalue weighted by Gasteiger charge is 2.18. The van der Waals surface area contributed by atoms with Crippen molar-refractivity contribution in [1.29, 1.82) is 0 Å². The van der Waals surface area contributed by atoms with E-state index in [4.69, 9.17) is 0 Å². The first-order valence-electron chi connectivity index (χ1n) is 7.36. The van der Waals surface area contributed by atoms with Crippen LogP contribution in [0, 0.1) is 13.8 Å². The van der Waals surface area contributed by atoms with E-state index in [0.29, 0.717) is 0 Å². The molecule has 3 rings (SSSR count). The number of benzene rings is 2. The van der Waals surface area contributed by atoms with Crippen molar-refractivity contribution in [2.24, 2.45) is 0 Å². The summed E-state index contributed by atoms with van der Waals surface area (Å²) in [4.78, 5) is 12.7. The summed E-state index contributed by atoms with van der Waals surface area (Å²) in [6, 6.07) is 12.0. The van der Waals surface area contributed by atoms with Gasteiger partial charge >= 0.3 is 0 Å². The maximum absolute atomic E-state index is 12.7. The van der Waals surface area contributed by atoms with Gasteiger partial charge < -0.3 is 10.6 Å². The summed E-state index contributed by atoms with van der Waals surface area (Å²) in [5.41, 5.74) is 6.32. The molecule has 3 heteroatoms. The molecule has 0 saturated heterocycles. The molecule has 2 N–H and O–H groups in total. The van der Waals surface area contributed by atoms with Gasteiger partial charge in [-0.1, -0.05) is 30.3 Å². The molecule has 0 spiro atoms. The van der Waals surface area contributed by atoms with Crippen LogP contribution in [0.4, 0.5) is 5.69 Å². The van der Waals surface area contributed by atoms with Gasteiger partial charge in [0.25, 0.3) is 5.91 Å². The second-order valence-electron chi connectivity index (χ2n) is 5.59. The van der Waals surface area contributed by atoms with Crippen molar-refractivity contribution in [3.8, 4) is 0 Å². The minimum absolute atomic E-state index is 0.00819. The van der Waals surface area contributed by atoms with Gasteiger partial charge in [-0.2, -0.15) is 0 Å². The average molecular weight is 280 g/mol. The van der Waals surface area contributed by atoms with Crippen LogP contribution in [0.3, 0.4) is 0 Å². The van der Waals surface area contributed by atoms with E-state index in [1.807, 2.05) is 44.2 Å². The van der Waals surface area contributed by atoms with E-state index >= 15 is 0 Å². The number of fused-ring (bicyclic) bond motifs is 1. The zero-order valence-electron chi connectivity index (χ0n) is 12.5. The second-order valence-corrected chi connectivity index (χ2v) is 5.59. The van der Waals surface area contributed by atoms with Crippen LogP contribution in [-0.2, 0) is 13.0 Å². The van der Waals surface area contributed by atoms with Crippen molar-refractivity contribution in [2.45, 2.75) is 26.8 Å². The summed E-state index contributed by atoms with van der Waals surface area (Å²) < 4.78 is 0. The first-order chi connectivity index (χ1) is 10.2. The van der Waals surface area contributed by atoms with Crippen LogP contribution in [0.15, 0.2) is 36.4 Å². The number of carbonyl (C=O) groups is 1. The Labute approximate surface area is 125 Å². The number of nitrogens with one attached hydrogen (secondary N) is 2. The third-order valence-electron chi connectivity index (χ3n) is 4.10. The number of para-hydroxylation sites is 1. The minimum Gasteiger partial charge on any atom is -0.321 e. The molecule has 0 unspecified atom stereocenters. The monoisotopic (exact) mass is 280 g/mol. The fourth-order valence-corrected chi connectivity index (χ4v) is 2.94. The number of rotatable bonds is 2. The molecule has 0 aliphatic carbocycles. The summed E-state index contributed by atoms with van der Waals surface area (Å²) in [5.74, 6) is -0.00819. The van der Waals surface area contributed by atoms with Gasteiger partial charge in [0.05, 0.1) is 0 Å². The molecule has 0 atom stereocenters. The minimum atomic E-state index is -0.00819. The Bertz CT molecular complexity index is 671. The molecule has 0 saturated carbocycles. The van der Waals surface area contributed by atoms with Crippen LogP contribution in [0.1, 0.15) is 32.6 Å². The van der Waals surface area contributed by atoms with E-state index in [9.17, 15) is 4.79 Å². The van der Waals surface area contributed by atoms with Crippen LogP contribution >= 0.6 is 0 Å². The molecule has 1 amide bonds. The molecular weight excluding hydrogens is 260 g/mol. The van der Waals surface area contributed by atoms with Gasteiger partial charge in [-0.3, -0.25) is 4.79 Å². The van der Waals surface area contributed by atoms with Crippen molar-refractivity contribution >= 4 is 11.6 Å². The van der Waals surface area contributed by atoms with Crippen LogP contribution in [0.2, 0.25) is 0 Å². The Morgan fingerprint density at radius 1 is 1.10 bits per heavy atom. The molecule has 108 valence electrons. The molecule has 0 fully saturated rings. The van der Waals surface area contributed by atoms with Crippen LogP contribution < -0.4 is 10.6 Å². The van der Waals surface area contributed by atoms with E-state index < -0.39 is 0 Å². The van der Waals surface area contributed by atoms with Crippen molar-refractivity contribution in [1.82, 2.24) is 5.32 Å². The van der Waals surface area contributed by atoms with Gasteiger partial charge in [-0.25, -0.2) is 0 Å². The van der Waals surface area contributed by atoms with Crippen LogP contribution in [0.25, 0.3) is 0 Å². The van der Waals surface area contributed by atoms with Gasteiger partial charge in [-0.15, -0.1) is 0 Å². The lowest BCUT2D eigenvalue weighted by molar-refractivity contribution is 0.102. The predicted octanol–water partition coefficient (Wildman–Crippen LogP) is 3.20. The maximum Gasteiger partial charge on any atom is 0.255 e. The number of aryl methyl sites for hydroxylation is 2. The third-order valence-corrected chi connectivity index (χ3v) is 4.10. The maximum atomic E-state index is 12.7. The lowest BCUT2D eigenvalue weighted by Gasteiger charge is -2.20. The van der Waals surface area contributed by atoms with E-state index in [1.54, 1.807) is 0 Å². The molecule has 0 aromatic heterocycles. The van der Waals surface area contributed by atoms with Crippen LogP contribution in [0.5, 0.6) is 0 Å². The molecule has 2 aromatic carbocycles. The average Bonchev–Trinajstić information content (AvgIpc) is 2.50. The van der Waals surface area contributed by atoms with E-state index in [1.165, 1.54) is 11.1 Å². The second kappa shape index (κ2) is 5.70. The molecule has 21 heavy (non-hydrogen) atoms. The van der Waals surface area contributed by atoms with E-state index in [0.717, 1.165) is 41.9 Å². The van der Waals surface area contributed by atoms with Crippen LogP contribution in [-0.4, -0.2) is 12.5 Å². The van der Waals surface area contributed by atoms with Gasteiger partial charge in [0, 0.05) is 17.8 Å². The summed E-state index contributed by atoms with van der Waals surface area (Å²) in [6.45, 7) is 5.82. The van der Waals surface area contributed by atoms with E-state index in [2.05, 4.69) is 16.7 Å². The Hall–Kier alpha value is -2.13. The normalized spacial score (nSPS) is 13.6. The number of carbonyl (C=O) groups excluding carboxylic acids is 1. The highest BCUT2D eigenvalue weighted by Crippen LogP contribution is 2.23. The fourth-order valence-electron chi connectivity index (χ4n) is 2.94. The largest absolute Gasteiger partial charge is 0.321 e. The lowest BCUT2D eigenvalue weighted by Crippen LogP contribution is -2.26. The first-order valence-corrected chi connectivity index (χ1v) is 7.36. The Morgan fingerprint density at radius 3 is 2.57 bits per heavy atom. The smallest absolute Gasteiger partial charge is 0.255 e. The third kappa shape index (κ3) is 2.69. The summed E-state index contributed by atoms with van der Waals surface area (Å²) in [6.07, 6.45) is 0.908. The Kier molecular flexibility index (Phi) is 3.76. The molecule has 0 radical (unpaired) electrons. The van der Waals surface area contributed by atoms with Gasteiger partial charge in [0.1, 0.15) is 0 Å². The summed E-state index contributed by atoms with van der Waals surface area (Å²) >= 11 is 0. The SMILES string of the molecule is Cc1cccc(C)c1NC(=O)c1cccc2c1CCNC2. The number of hydrogen-bond donors (Lipinski definition) is 2. The number of hydrogen-bond acceptors (Lipinski definition) is 2. The number of anilines is 1. The number of amides is 1. The van der Waals surface area contributed by atoms with Gasteiger partial charge in [0.2, 0.25) is 0 Å². The molecule has 1 heterocycles. The summed E-state index contributed by atoms with van der Waals surface area (Å²) in [5, 5.41) is 6.43. The van der Waals surface area contributed by atoms with Crippen molar-refractivity contribution < 1.29 is 4.79 Å². The van der Waals surface area contributed by atoms with Crippen molar-refractivity contribution in [3.63, 3.8) is 0 Å². The standard InChI is InChI=1S/C18H20N2O/c1-12-5-3-6-13(2)17(12)20-18(21)16-8-4-7-14-11-19-10-9-15(14)16/h3-8,19H,9-11H2,1-2H3,(H,20,21). The zero-order chi connectivity index (χ0) is 14.8. The molecule has 1 aliphatic heterocycles. The topological polar surface area (TPSA) is 41.1 Å². The molecule has 0 bridgehead atoms. The molecule has 3 nitrogen and oxygen atoms in total. The molecular formula is C18H20N2O. The zero-order valence-corrected chi connectivity index (χ0v) is 12.5. The molecule has 1 aliphatic rings. The summed E-state index contributed by atoms with van der Waals surface area (Å²) in [7, 11) is 0. The highest BCUT2D eigenvalue weighted by atomic mass is 16.1. The van der Waals surface area contributed by atoms with Crippen molar-refractivity contribution in [2.75, 3.05) is 11.9 Å². The first kappa shape index (κ1) is 13.8. The van der Waals surface area contributed by atoms with Gasteiger partial charge in [-0.05, 0) is 55.1 Å². The van der Waals surface area contributed by atoms with Gasteiger partial charge in [0.15, 0.2) is 0 Å². The fraction of sp³-hybridized carbons (Fsp3) is 0.278. The quantitative estimate of drug-likeness (QED) is 0.887. The Balaban J connectivity index is 1.93. The molecule has 2 aromatic rings. The highest BCUT2D eigenvalue weighted by molar-refractivity contribution is 6.06. The van der Waals surface area contributed by atoms with Crippen molar-refractivity contribution in [3.05, 3.63) is 64.2 Å². The lowest BCUT2D eigenvalue weighted by atomic mass is 9.95. The van der Waals surface area contributed by atoms with E-state index in [-0.39, 0.29) is 5.91 Å². The predicted molar refractivity (Wildman–Crippen MR) is 85.7 cm³/mol. The Morgan fingerprint density at radius 2 is 1.81 bits per heavy atom.